The predicted molar refractivity (Wildman–Crippen MR) is 168 cm³/mol. The number of anilines is 1. The average molecular weight is 607 g/mol. The molecule has 9 nitrogen and oxygen atoms in total. The van der Waals surface area contributed by atoms with E-state index in [2.05, 4.69) is 11.4 Å². The summed E-state index contributed by atoms with van der Waals surface area (Å²) in [7, 11) is 0. The molecule has 3 aromatic carbocycles. The van der Waals surface area contributed by atoms with Crippen LogP contribution in [0, 0.1) is 23.2 Å². The van der Waals surface area contributed by atoms with Gasteiger partial charge in [-0.15, -0.1) is 12.4 Å². The topological polar surface area (TPSA) is 169 Å². The normalized spacial score (nSPS) is 16.2. The molecule has 1 saturated carbocycles. The fourth-order valence-corrected chi connectivity index (χ4v) is 4.72. The Hall–Kier alpha value is -4.39. The van der Waals surface area contributed by atoms with Gasteiger partial charge in [-0.1, -0.05) is 24.3 Å². The molecule has 0 aliphatic heterocycles. The first-order valence-electron chi connectivity index (χ1n) is 14.0. The van der Waals surface area contributed by atoms with Gasteiger partial charge in [0.25, 0.3) is 0 Å². The Morgan fingerprint density at radius 2 is 1.65 bits per heavy atom. The van der Waals surface area contributed by atoms with Crippen LogP contribution in [0.1, 0.15) is 59.7 Å². The molecule has 1 amide bonds. The van der Waals surface area contributed by atoms with Crippen molar-refractivity contribution in [3.63, 3.8) is 0 Å². The van der Waals surface area contributed by atoms with Crippen molar-refractivity contribution in [3.8, 4) is 11.8 Å². The van der Waals surface area contributed by atoms with E-state index < -0.39 is 12.0 Å². The number of aliphatic carboxylic acids is 1. The van der Waals surface area contributed by atoms with Gasteiger partial charge in [-0.05, 0) is 105 Å². The van der Waals surface area contributed by atoms with Gasteiger partial charge >= 0.3 is 5.97 Å². The molecular weight excluding hydrogens is 568 g/mol. The number of hydrogen-bond acceptors (Lipinski definition) is 7. The van der Waals surface area contributed by atoms with Crippen LogP contribution in [-0.2, 0) is 22.6 Å². The number of benzene rings is 3. The molecule has 43 heavy (non-hydrogen) atoms. The highest BCUT2D eigenvalue weighted by atomic mass is 35.5. The summed E-state index contributed by atoms with van der Waals surface area (Å²) in [5.41, 5.74) is 14.8. The first-order chi connectivity index (χ1) is 20.2. The van der Waals surface area contributed by atoms with Crippen molar-refractivity contribution in [1.29, 1.82) is 5.26 Å². The molecule has 0 saturated heterocycles. The van der Waals surface area contributed by atoms with Gasteiger partial charge in [0.1, 0.15) is 18.4 Å². The lowest BCUT2D eigenvalue weighted by molar-refractivity contribution is -0.142. The third-order valence-electron chi connectivity index (χ3n) is 7.31. The van der Waals surface area contributed by atoms with Gasteiger partial charge < -0.3 is 26.6 Å². The zero-order valence-corrected chi connectivity index (χ0v) is 25.0. The zero-order valence-electron chi connectivity index (χ0n) is 24.2. The van der Waals surface area contributed by atoms with Gasteiger partial charge in [0.05, 0.1) is 11.6 Å². The number of nitriles is 1. The summed E-state index contributed by atoms with van der Waals surface area (Å²) in [6.07, 6.45) is 3.53. The van der Waals surface area contributed by atoms with Crippen LogP contribution in [0.4, 0.5) is 5.69 Å². The van der Waals surface area contributed by atoms with Crippen molar-refractivity contribution in [2.75, 3.05) is 12.3 Å². The molecule has 0 spiro atoms. The first-order valence-corrected chi connectivity index (χ1v) is 14.0. The number of amides is 1. The second-order valence-electron chi connectivity index (χ2n) is 10.5. The SMILES string of the molecule is CC(=O)c1ccc(N)cc1.Cl.N#Cc1cccc(COc2ccc(C[C@H](NC(=O)C3CCC(CN)CC3)C(=O)O)cc2)c1. The van der Waals surface area contributed by atoms with E-state index >= 15 is 0 Å². The van der Waals surface area contributed by atoms with Gasteiger partial charge in [0.15, 0.2) is 5.78 Å². The number of Topliss-reactive ketones (excluding diaryl/α,β-unsaturated/α-hetero) is 1. The lowest BCUT2D eigenvalue weighted by Crippen LogP contribution is -2.45. The minimum absolute atomic E-state index is 0. The Labute approximate surface area is 258 Å². The summed E-state index contributed by atoms with van der Waals surface area (Å²) in [5.74, 6) is -0.205. The van der Waals surface area contributed by atoms with Gasteiger partial charge in [-0.25, -0.2) is 4.79 Å². The van der Waals surface area contributed by atoms with Crippen molar-refractivity contribution in [2.24, 2.45) is 17.6 Å². The smallest absolute Gasteiger partial charge is 0.326 e. The van der Waals surface area contributed by atoms with E-state index in [9.17, 15) is 19.5 Å². The fraction of sp³-hybridized carbons (Fsp3) is 0.333. The Morgan fingerprint density at radius 3 is 2.21 bits per heavy atom. The number of carbonyl (C=O) groups is 3. The van der Waals surface area contributed by atoms with Crippen molar-refractivity contribution in [1.82, 2.24) is 5.32 Å². The molecule has 0 bridgehead atoms. The minimum Gasteiger partial charge on any atom is -0.489 e. The van der Waals surface area contributed by atoms with Crippen LogP contribution >= 0.6 is 12.4 Å². The predicted octanol–water partition coefficient (Wildman–Crippen LogP) is 4.91. The van der Waals surface area contributed by atoms with E-state index in [0.29, 0.717) is 41.6 Å². The third kappa shape index (κ3) is 11.4. The van der Waals surface area contributed by atoms with E-state index in [1.165, 1.54) is 6.92 Å². The average Bonchev–Trinajstić information content (AvgIpc) is 3.01. The maximum absolute atomic E-state index is 12.6. The second kappa shape index (κ2) is 17.5. The molecule has 10 heteroatoms. The van der Waals surface area contributed by atoms with Gasteiger partial charge in [-0.2, -0.15) is 5.26 Å². The number of rotatable bonds is 10. The molecule has 0 unspecified atom stereocenters. The van der Waals surface area contributed by atoms with Crippen LogP contribution in [0.5, 0.6) is 5.75 Å². The van der Waals surface area contributed by atoms with Crippen LogP contribution in [-0.4, -0.2) is 35.4 Å². The van der Waals surface area contributed by atoms with Crippen LogP contribution in [0.15, 0.2) is 72.8 Å². The van der Waals surface area contributed by atoms with Crippen molar-refractivity contribution in [3.05, 3.63) is 95.1 Å². The molecule has 1 aliphatic carbocycles. The highest BCUT2D eigenvalue weighted by Crippen LogP contribution is 2.28. The fourth-order valence-electron chi connectivity index (χ4n) is 4.72. The number of nitrogens with two attached hydrogens (primary N) is 2. The number of carbonyl (C=O) groups excluding carboxylic acids is 2. The van der Waals surface area contributed by atoms with Crippen LogP contribution in [0.25, 0.3) is 0 Å². The lowest BCUT2D eigenvalue weighted by atomic mass is 9.81. The van der Waals surface area contributed by atoms with E-state index in [-0.39, 0.29) is 36.4 Å². The molecule has 0 radical (unpaired) electrons. The van der Waals surface area contributed by atoms with Crippen molar-refractivity contribution in [2.45, 2.75) is 51.7 Å². The minimum atomic E-state index is -1.05. The van der Waals surface area contributed by atoms with E-state index in [1.54, 1.807) is 60.7 Å². The molecule has 1 atom stereocenters. The summed E-state index contributed by atoms with van der Waals surface area (Å²) >= 11 is 0. The Morgan fingerprint density at radius 1 is 1.00 bits per heavy atom. The Balaban J connectivity index is 0.000000498. The molecule has 1 fully saturated rings. The standard InChI is InChI=1S/C25H29N3O4.C8H9NO.ClH/c26-14-18-4-8-21(9-5-18)24(29)28-23(25(30)31)13-17-6-10-22(11-7-17)32-16-20-3-1-2-19(12-20)15-27;1-6(10)7-2-4-8(9)5-3-7;/h1-3,6-7,10-12,18,21,23H,4-5,8-9,13-14,16,26H2,(H,28,29)(H,30,31);2-5H,9H2,1H3;1H/t18?,21?,23-;;/m0../s1. The van der Waals surface area contributed by atoms with Crippen LogP contribution < -0.4 is 21.5 Å². The van der Waals surface area contributed by atoms with Gasteiger partial charge in [-0.3, -0.25) is 9.59 Å². The number of nitrogens with zero attached hydrogens (tertiary/aromatic N) is 1. The number of ketones is 1. The number of nitrogen functional groups attached to an aromatic ring is 1. The zero-order chi connectivity index (χ0) is 30.5. The molecular formula is C33H39ClN4O5. The van der Waals surface area contributed by atoms with E-state index in [1.807, 2.05) is 12.1 Å². The number of carboxylic acid groups (broad SMARTS) is 1. The van der Waals surface area contributed by atoms with Crippen molar-refractivity contribution >= 4 is 35.8 Å². The van der Waals surface area contributed by atoms with Crippen molar-refractivity contribution < 1.29 is 24.2 Å². The maximum atomic E-state index is 12.6. The Bertz CT molecular complexity index is 1380. The summed E-state index contributed by atoms with van der Waals surface area (Å²) < 4.78 is 5.76. The number of ether oxygens (including phenoxy) is 1. The molecule has 3 aromatic rings. The number of halogens is 1. The number of nitrogens with one attached hydrogen (secondary N) is 1. The molecule has 1 aliphatic rings. The highest BCUT2D eigenvalue weighted by Gasteiger charge is 2.29. The van der Waals surface area contributed by atoms with E-state index in [0.717, 1.165) is 36.8 Å². The summed E-state index contributed by atoms with van der Waals surface area (Å²) in [5, 5.41) is 21.3. The third-order valence-corrected chi connectivity index (χ3v) is 7.31. The van der Waals surface area contributed by atoms with E-state index in [4.69, 9.17) is 21.5 Å². The highest BCUT2D eigenvalue weighted by molar-refractivity contribution is 5.94. The summed E-state index contributed by atoms with van der Waals surface area (Å²) in [6, 6.07) is 22.4. The molecule has 4 rings (SSSR count). The molecule has 0 heterocycles. The molecule has 228 valence electrons. The quantitative estimate of drug-likeness (QED) is 0.186. The van der Waals surface area contributed by atoms with Gasteiger partial charge in [0.2, 0.25) is 5.91 Å². The molecule has 0 aromatic heterocycles. The van der Waals surface area contributed by atoms with Gasteiger partial charge in [0, 0.05) is 23.6 Å². The summed E-state index contributed by atoms with van der Waals surface area (Å²) in [6.45, 7) is 2.50. The largest absolute Gasteiger partial charge is 0.489 e. The summed E-state index contributed by atoms with van der Waals surface area (Å²) in [4.78, 5) is 35.0. The second-order valence-corrected chi connectivity index (χ2v) is 10.5. The van der Waals surface area contributed by atoms with Crippen LogP contribution in [0.2, 0.25) is 0 Å². The number of carboxylic acids is 1. The monoisotopic (exact) mass is 606 g/mol. The van der Waals surface area contributed by atoms with Crippen LogP contribution in [0.3, 0.4) is 0 Å². The number of hydrogen-bond donors (Lipinski definition) is 4. The molecule has 6 N–H and O–H groups in total. The maximum Gasteiger partial charge on any atom is 0.326 e. The first kappa shape index (κ1) is 34.8. The lowest BCUT2D eigenvalue weighted by Gasteiger charge is -2.27. The Kier molecular flexibility index (Phi) is 14.2.